The third kappa shape index (κ3) is 4.06. The molecule has 29 heavy (non-hydrogen) atoms. The molecule has 0 aliphatic carbocycles. The Bertz CT molecular complexity index is 1020. The smallest absolute Gasteiger partial charge is 0.273 e. The molecule has 0 atom stereocenters. The maximum atomic E-state index is 12.9. The van der Waals surface area contributed by atoms with Crippen LogP contribution in [0, 0.1) is 17.0 Å². The summed E-state index contributed by atoms with van der Waals surface area (Å²) < 4.78 is 5.38. The summed E-state index contributed by atoms with van der Waals surface area (Å²) in [5.41, 5.74) is 1.63. The van der Waals surface area contributed by atoms with Crippen molar-refractivity contribution in [2.45, 2.75) is 13.5 Å². The van der Waals surface area contributed by atoms with Gasteiger partial charge in [0, 0.05) is 48.8 Å². The summed E-state index contributed by atoms with van der Waals surface area (Å²) in [7, 11) is 0. The SMILES string of the molecule is Cc1c(C(=O)N2CCN(Cc3nc(-c4ccco4)cs3)CC2)cccc1[N+](=O)[O-]. The molecule has 1 amide bonds. The summed E-state index contributed by atoms with van der Waals surface area (Å²) in [5.74, 6) is 0.607. The van der Waals surface area contributed by atoms with Gasteiger partial charge in [-0.1, -0.05) is 6.07 Å². The number of piperazine rings is 1. The van der Waals surface area contributed by atoms with Crippen LogP contribution in [0.1, 0.15) is 20.9 Å². The van der Waals surface area contributed by atoms with Crippen molar-refractivity contribution < 1.29 is 14.1 Å². The summed E-state index contributed by atoms with van der Waals surface area (Å²) in [4.78, 5) is 32.2. The van der Waals surface area contributed by atoms with Gasteiger partial charge in [-0.05, 0) is 25.1 Å². The van der Waals surface area contributed by atoms with Crippen LogP contribution in [-0.4, -0.2) is 51.8 Å². The lowest BCUT2D eigenvalue weighted by atomic mass is 10.1. The Morgan fingerprint density at radius 1 is 1.24 bits per heavy atom. The molecule has 1 saturated heterocycles. The fraction of sp³-hybridized carbons (Fsp3) is 0.300. The normalized spacial score (nSPS) is 14.9. The zero-order chi connectivity index (χ0) is 20.4. The molecular formula is C20H20N4O4S. The number of benzene rings is 1. The van der Waals surface area contributed by atoms with Crippen LogP contribution >= 0.6 is 11.3 Å². The molecule has 1 aromatic carbocycles. The number of hydrogen-bond acceptors (Lipinski definition) is 7. The average molecular weight is 412 g/mol. The zero-order valence-corrected chi connectivity index (χ0v) is 16.7. The van der Waals surface area contributed by atoms with Crippen LogP contribution in [0.5, 0.6) is 0 Å². The molecule has 0 radical (unpaired) electrons. The number of nitro groups is 1. The van der Waals surface area contributed by atoms with E-state index in [1.54, 1.807) is 41.6 Å². The molecule has 0 bridgehead atoms. The molecule has 0 N–H and O–H groups in total. The van der Waals surface area contributed by atoms with E-state index < -0.39 is 4.92 Å². The van der Waals surface area contributed by atoms with Crippen molar-refractivity contribution in [1.29, 1.82) is 0 Å². The summed E-state index contributed by atoms with van der Waals surface area (Å²) in [6, 6.07) is 8.37. The first-order valence-corrected chi connectivity index (χ1v) is 10.1. The van der Waals surface area contributed by atoms with E-state index in [0.717, 1.165) is 36.1 Å². The molecule has 8 nitrogen and oxygen atoms in total. The molecule has 1 aliphatic rings. The predicted molar refractivity (Wildman–Crippen MR) is 109 cm³/mol. The number of hydrogen-bond donors (Lipinski definition) is 0. The van der Waals surface area contributed by atoms with Crippen molar-refractivity contribution in [3.8, 4) is 11.5 Å². The monoisotopic (exact) mass is 412 g/mol. The van der Waals surface area contributed by atoms with E-state index >= 15 is 0 Å². The number of rotatable bonds is 5. The molecule has 0 unspecified atom stereocenters. The summed E-state index contributed by atoms with van der Waals surface area (Å²) >= 11 is 1.59. The van der Waals surface area contributed by atoms with Crippen molar-refractivity contribution in [1.82, 2.24) is 14.8 Å². The molecule has 1 aliphatic heterocycles. The highest BCUT2D eigenvalue weighted by atomic mass is 32.1. The van der Waals surface area contributed by atoms with E-state index in [-0.39, 0.29) is 11.6 Å². The molecule has 150 valence electrons. The third-order valence-electron chi connectivity index (χ3n) is 5.08. The Morgan fingerprint density at radius 2 is 2.03 bits per heavy atom. The van der Waals surface area contributed by atoms with E-state index in [1.165, 1.54) is 6.07 Å². The predicted octanol–water partition coefficient (Wildman–Crippen LogP) is 3.58. The number of aromatic nitrogens is 1. The summed E-state index contributed by atoms with van der Waals surface area (Å²) in [6.07, 6.45) is 1.63. The third-order valence-corrected chi connectivity index (χ3v) is 5.91. The first-order valence-electron chi connectivity index (χ1n) is 9.27. The molecular weight excluding hydrogens is 392 g/mol. The number of thiazole rings is 1. The summed E-state index contributed by atoms with van der Waals surface area (Å²) in [6.45, 7) is 4.98. The highest BCUT2D eigenvalue weighted by Crippen LogP contribution is 2.25. The molecule has 3 heterocycles. The Balaban J connectivity index is 1.37. The van der Waals surface area contributed by atoms with Gasteiger partial charge >= 0.3 is 0 Å². The van der Waals surface area contributed by atoms with Gasteiger partial charge in [-0.15, -0.1) is 11.3 Å². The van der Waals surface area contributed by atoms with Gasteiger partial charge in [-0.3, -0.25) is 19.8 Å². The molecule has 3 aromatic rings. The van der Waals surface area contributed by atoms with E-state index in [2.05, 4.69) is 9.88 Å². The molecule has 0 spiro atoms. The Hall–Kier alpha value is -3.04. The number of carbonyl (C=O) groups excluding carboxylic acids is 1. The van der Waals surface area contributed by atoms with E-state index in [9.17, 15) is 14.9 Å². The minimum absolute atomic E-state index is 0.0226. The van der Waals surface area contributed by atoms with Crippen LogP contribution in [-0.2, 0) is 6.54 Å². The second-order valence-electron chi connectivity index (χ2n) is 6.88. The second-order valence-corrected chi connectivity index (χ2v) is 7.82. The van der Waals surface area contributed by atoms with Gasteiger partial charge in [0.05, 0.1) is 17.7 Å². The maximum absolute atomic E-state index is 12.9. The van der Waals surface area contributed by atoms with Gasteiger partial charge in [-0.25, -0.2) is 4.98 Å². The van der Waals surface area contributed by atoms with Gasteiger partial charge < -0.3 is 9.32 Å². The van der Waals surface area contributed by atoms with Gasteiger partial charge in [-0.2, -0.15) is 0 Å². The van der Waals surface area contributed by atoms with Gasteiger partial charge in [0.25, 0.3) is 11.6 Å². The average Bonchev–Trinajstić information content (AvgIpc) is 3.40. The first kappa shape index (κ1) is 19.3. The second kappa shape index (κ2) is 8.14. The van der Waals surface area contributed by atoms with Crippen LogP contribution in [0.15, 0.2) is 46.4 Å². The minimum Gasteiger partial charge on any atom is -0.463 e. The molecule has 0 saturated carbocycles. The lowest BCUT2D eigenvalue weighted by Gasteiger charge is -2.34. The van der Waals surface area contributed by atoms with Crippen LogP contribution in [0.3, 0.4) is 0 Å². The first-order chi connectivity index (χ1) is 14.0. The zero-order valence-electron chi connectivity index (χ0n) is 15.9. The van der Waals surface area contributed by atoms with Crippen molar-refractivity contribution in [3.63, 3.8) is 0 Å². The van der Waals surface area contributed by atoms with Gasteiger partial charge in [0.1, 0.15) is 10.7 Å². The molecule has 9 heteroatoms. The Kier molecular flexibility index (Phi) is 5.41. The Morgan fingerprint density at radius 3 is 2.72 bits per heavy atom. The fourth-order valence-electron chi connectivity index (χ4n) is 3.44. The quantitative estimate of drug-likeness (QED) is 0.470. The van der Waals surface area contributed by atoms with Crippen LogP contribution in [0.25, 0.3) is 11.5 Å². The lowest BCUT2D eigenvalue weighted by molar-refractivity contribution is -0.385. The number of carbonyl (C=O) groups is 1. The van der Waals surface area contributed by atoms with Gasteiger partial charge in [0.2, 0.25) is 0 Å². The highest BCUT2D eigenvalue weighted by molar-refractivity contribution is 7.09. The van der Waals surface area contributed by atoms with Crippen LogP contribution < -0.4 is 0 Å². The summed E-state index contributed by atoms with van der Waals surface area (Å²) in [5, 5.41) is 14.1. The lowest BCUT2D eigenvalue weighted by Crippen LogP contribution is -2.48. The van der Waals surface area contributed by atoms with Crippen molar-refractivity contribution in [2.75, 3.05) is 26.2 Å². The highest BCUT2D eigenvalue weighted by Gasteiger charge is 2.26. The molecule has 2 aromatic heterocycles. The largest absolute Gasteiger partial charge is 0.463 e. The molecule has 1 fully saturated rings. The Labute approximate surface area is 171 Å². The fourth-order valence-corrected chi connectivity index (χ4v) is 4.27. The maximum Gasteiger partial charge on any atom is 0.273 e. The van der Waals surface area contributed by atoms with Gasteiger partial charge in [0.15, 0.2) is 5.76 Å². The minimum atomic E-state index is -0.449. The van der Waals surface area contributed by atoms with E-state index in [4.69, 9.17) is 4.42 Å². The number of furan rings is 1. The standard InChI is InChI=1S/C20H20N4O4S/c1-14-15(4-2-5-17(14)24(26)27)20(25)23-9-7-22(8-10-23)12-19-21-16(13-29-19)18-6-3-11-28-18/h2-6,11,13H,7-10,12H2,1H3. The number of nitrogens with zero attached hydrogens (tertiary/aromatic N) is 4. The van der Waals surface area contributed by atoms with Crippen LogP contribution in [0.4, 0.5) is 5.69 Å². The van der Waals surface area contributed by atoms with Crippen molar-refractivity contribution in [2.24, 2.45) is 0 Å². The van der Waals surface area contributed by atoms with Crippen LogP contribution in [0.2, 0.25) is 0 Å². The molecule has 4 rings (SSSR count). The van der Waals surface area contributed by atoms with E-state index in [1.807, 2.05) is 17.5 Å². The van der Waals surface area contributed by atoms with Crippen molar-refractivity contribution in [3.05, 3.63) is 68.2 Å². The topological polar surface area (TPSA) is 92.7 Å². The van der Waals surface area contributed by atoms with Crippen molar-refractivity contribution >= 4 is 22.9 Å². The number of nitro benzene ring substituents is 1. The van der Waals surface area contributed by atoms with E-state index in [0.29, 0.717) is 24.2 Å². The number of amides is 1.